The van der Waals surface area contributed by atoms with E-state index in [1.807, 2.05) is 24.3 Å². The number of methoxy groups -OCH3 is 1. The predicted octanol–water partition coefficient (Wildman–Crippen LogP) is 2.36. The smallest absolute Gasteiger partial charge is 0.390 e. The Kier molecular flexibility index (Phi) is 6.84. The van der Waals surface area contributed by atoms with E-state index in [2.05, 4.69) is 15.6 Å². The average molecular weight is 303 g/mol. The molecule has 0 radical (unpaired) electrons. The van der Waals surface area contributed by atoms with Crippen molar-refractivity contribution in [1.29, 1.82) is 0 Å². The minimum Gasteiger partial charge on any atom is -0.497 e. The molecule has 0 aliphatic rings. The number of aliphatic imine (C=N–C) groups is 1. The van der Waals surface area contributed by atoms with E-state index in [4.69, 9.17) is 4.74 Å². The molecule has 0 bridgehead atoms. The van der Waals surface area contributed by atoms with Crippen LogP contribution in [0, 0.1) is 0 Å². The van der Waals surface area contributed by atoms with Gasteiger partial charge in [0, 0.05) is 20.1 Å². The molecule has 1 aromatic carbocycles. The summed E-state index contributed by atoms with van der Waals surface area (Å²) in [7, 11) is 3.12. The van der Waals surface area contributed by atoms with Crippen LogP contribution in [0.15, 0.2) is 29.3 Å². The lowest BCUT2D eigenvalue weighted by Crippen LogP contribution is -2.39. The summed E-state index contributed by atoms with van der Waals surface area (Å²) < 4.78 is 41.3. The van der Waals surface area contributed by atoms with E-state index in [9.17, 15) is 13.2 Å². The van der Waals surface area contributed by atoms with Gasteiger partial charge in [0.1, 0.15) is 5.75 Å². The van der Waals surface area contributed by atoms with Crippen molar-refractivity contribution in [3.05, 3.63) is 29.8 Å². The van der Waals surface area contributed by atoms with Crippen LogP contribution in [0.25, 0.3) is 0 Å². The molecule has 0 aromatic heterocycles. The average Bonchev–Trinajstić information content (AvgIpc) is 2.44. The largest absolute Gasteiger partial charge is 0.497 e. The SMILES string of the molecule is CN=C(NCCc1cccc(OC)c1)NCCC(F)(F)F. The van der Waals surface area contributed by atoms with Crippen molar-refractivity contribution < 1.29 is 17.9 Å². The van der Waals surface area contributed by atoms with Crippen molar-refractivity contribution in [2.75, 3.05) is 27.2 Å². The molecule has 2 N–H and O–H groups in total. The predicted molar refractivity (Wildman–Crippen MR) is 76.7 cm³/mol. The van der Waals surface area contributed by atoms with Crippen LogP contribution >= 0.6 is 0 Å². The number of ether oxygens (including phenoxy) is 1. The third kappa shape index (κ3) is 7.43. The van der Waals surface area contributed by atoms with Gasteiger partial charge in [0.05, 0.1) is 13.5 Å². The number of halogens is 3. The second-order valence-electron chi connectivity index (χ2n) is 4.39. The Bertz CT molecular complexity index is 461. The standard InChI is InChI=1S/C14H20F3N3O/c1-18-13(20-9-7-14(15,16)17)19-8-6-11-4-3-5-12(10-11)21-2/h3-5,10H,6-9H2,1-2H3,(H2,18,19,20). The zero-order valence-electron chi connectivity index (χ0n) is 12.1. The first-order chi connectivity index (χ1) is 9.94. The van der Waals surface area contributed by atoms with Gasteiger partial charge in [0.2, 0.25) is 0 Å². The van der Waals surface area contributed by atoms with Gasteiger partial charge < -0.3 is 15.4 Å². The minimum absolute atomic E-state index is 0.192. The van der Waals surface area contributed by atoms with Gasteiger partial charge in [-0.05, 0) is 24.1 Å². The van der Waals surface area contributed by atoms with Gasteiger partial charge in [-0.1, -0.05) is 12.1 Å². The zero-order valence-corrected chi connectivity index (χ0v) is 12.1. The molecule has 0 aliphatic carbocycles. The number of benzene rings is 1. The third-order valence-electron chi connectivity index (χ3n) is 2.76. The highest BCUT2D eigenvalue weighted by molar-refractivity contribution is 5.79. The summed E-state index contributed by atoms with van der Waals surface area (Å²) in [6, 6.07) is 7.63. The molecular formula is C14H20F3N3O. The summed E-state index contributed by atoms with van der Waals surface area (Å²) in [6.07, 6.45) is -4.33. The van der Waals surface area contributed by atoms with Crippen LogP contribution in [0.5, 0.6) is 5.75 Å². The van der Waals surface area contributed by atoms with E-state index in [0.717, 1.165) is 17.7 Å². The number of hydrogen-bond acceptors (Lipinski definition) is 2. The summed E-state index contributed by atoms with van der Waals surface area (Å²) in [5.41, 5.74) is 1.08. The number of alkyl halides is 3. The summed E-state index contributed by atoms with van der Waals surface area (Å²) in [5, 5.41) is 5.60. The molecule has 4 nitrogen and oxygen atoms in total. The quantitative estimate of drug-likeness (QED) is 0.626. The van der Waals surface area contributed by atoms with Gasteiger partial charge in [-0.25, -0.2) is 0 Å². The fraction of sp³-hybridized carbons (Fsp3) is 0.500. The van der Waals surface area contributed by atoms with Crippen molar-refractivity contribution in [2.45, 2.75) is 19.0 Å². The Hall–Kier alpha value is -1.92. The molecular weight excluding hydrogens is 283 g/mol. The Morgan fingerprint density at radius 2 is 1.95 bits per heavy atom. The van der Waals surface area contributed by atoms with E-state index < -0.39 is 12.6 Å². The van der Waals surface area contributed by atoms with E-state index >= 15 is 0 Å². The van der Waals surface area contributed by atoms with Gasteiger partial charge >= 0.3 is 6.18 Å². The lowest BCUT2D eigenvalue weighted by atomic mass is 10.1. The molecule has 0 atom stereocenters. The van der Waals surface area contributed by atoms with Crippen molar-refractivity contribution in [3.63, 3.8) is 0 Å². The molecule has 21 heavy (non-hydrogen) atoms. The van der Waals surface area contributed by atoms with Crippen molar-refractivity contribution in [3.8, 4) is 5.75 Å². The van der Waals surface area contributed by atoms with Crippen LogP contribution in [0.4, 0.5) is 13.2 Å². The van der Waals surface area contributed by atoms with Crippen LogP contribution in [0.1, 0.15) is 12.0 Å². The molecule has 0 heterocycles. The van der Waals surface area contributed by atoms with Gasteiger partial charge in [-0.3, -0.25) is 4.99 Å². The molecule has 0 saturated heterocycles. The number of rotatable bonds is 6. The van der Waals surface area contributed by atoms with Crippen LogP contribution in [-0.4, -0.2) is 39.4 Å². The number of nitrogens with zero attached hydrogens (tertiary/aromatic N) is 1. The number of guanidine groups is 1. The van der Waals surface area contributed by atoms with Gasteiger partial charge in [-0.15, -0.1) is 0 Å². The summed E-state index contributed by atoms with van der Waals surface area (Å²) in [4.78, 5) is 3.87. The number of hydrogen-bond donors (Lipinski definition) is 2. The molecule has 0 amide bonds. The molecule has 0 unspecified atom stereocenters. The first-order valence-corrected chi connectivity index (χ1v) is 6.59. The Labute approximate surface area is 122 Å². The highest BCUT2D eigenvalue weighted by atomic mass is 19.4. The fourth-order valence-electron chi connectivity index (χ4n) is 1.70. The van der Waals surface area contributed by atoms with Crippen LogP contribution in [0.2, 0.25) is 0 Å². The maximum Gasteiger partial charge on any atom is 0.390 e. The maximum absolute atomic E-state index is 12.0. The van der Waals surface area contributed by atoms with Gasteiger partial charge in [0.25, 0.3) is 0 Å². The summed E-state index contributed by atoms with van der Waals surface area (Å²) in [6.45, 7) is 0.376. The molecule has 0 aliphatic heterocycles. The van der Waals surface area contributed by atoms with E-state index in [-0.39, 0.29) is 6.54 Å². The highest BCUT2D eigenvalue weighted by Crippen LogP contribution is 2.18. The van der Waals surface area contributed by atoms with Crippen molar-refractivity contribution in [1.82, 2.24) is 10.6 Å². The molecule has 1 aromatic rings. The monoisotopic (exact) mass is 303 g/mol. The van der Waals surface area contributed by atoms with Gasteiger partial charge in [0.15, 0.2) is 5.96 Å². The Morgan fingerprint density at radius 3 is 2.57 bits per heavy atom. The van der Waals surface area contributed by atoms with Gasteiger partial charge in [-0.2, -0.15) is 13.2 Å². The summed E-state index contributed by atoms with van der Waals surface area (Å²) in [5.74, 6) is 1.14. The molecule has 0 fully saturated rings. The Balaban J connectivity index is 2.32. The van der Waals surface area contributed by atoms with Crippen LogP contribution in [-0.2, 0) is 6.42 Å². The lowest BCUT2D eigenvalue weighted by Gasteiger charge is -2.13. The molecule has 0 spiro atoms. The van der Waals surface area contributed by atoms with E-state index in [1.165, 1.54) is 7.05 Å². The second-order valence-corrected chi connectivity index (χ2v) is 4.39. The van der Waals surface area contributed by atoms with E-state index in [1.54, 1.807) is 7.11 Å². The Morgan fingerprint density at radius 1 is 1.24 bits per heavy atom. The maximum atomic E-state index is 12.0. The van der Waals surface area contributed by atoms with Crippen molar-refractivity contribution in [2.24, 2.45) is 4.99 Å². The fourth-order valence-corrected chi connectivity index (χ4v) is 1.70. The van der Waals surface area contributed by atoms with Crippen LogP contribution < -0.4 is 15.4 Å². The first kappa shape index (κ1) is 17.1. The lowest BCUT2D eigenvalue weighted by molar-refractivity contribution is -0.132. The van der Waals surface area contributed by atoms with Crippen molar-refractivity contribution >= 4 is 5.96 Å². The minimum atomic E-state index is -4.16. The second kappa shape index (κ2) is 8.39. The third-order valence-corrected chi connectivity index (χ3v) is 2.76. The normalized spacial score (nSPS) is 12.1. The summed E-state index contributed by atoms with van der Waals surface area (Å²) >= 11 is 0. The topological polar surface area (TPSA) is 45.7 Å². The zero-order chi connectivity index (χ0) is 15.7. The number of nitrogens with one attached hydrogen (secondary N) is 2. The first-order valence-electron chi connectivity index (χ1n) is 6.59. The molecule has 118 valence electrons. The molecule has 1 rings (SSSR count). The highest BCUT2D eigenvalue weighted by Gasteiger charge is 2.26. The molecule has 7 heteroatoms. The molecule has 0 saturated carbocycles. The van der Waals surface area contributed by atoms with E-state index in [0.29, 0.717) is 12.5 Å². The van der Waals surface area contributed by atoms with Crippen LogP contribution in [0.3, 0.4) is 0 Å².